The molecule has 0 saturated heterocycles. The van der Waals surface area contributed by atoms with Crippen LogP contribution in [0.25, 0.3) is 0 Å². The number of ether oxygens (including phenoxy) is 1. The second-order valence-electron chi connectivity index (χ2n) is 5.92. The normalized spacial score (nSPS) is 13.2. The molecule has 1 atom stereocenters. The molecule has 0 aliphatic rings. The first-order valence-electron chi connectivity index (χ1n) is 6.44. The molecule has 4 heteroatoms. The zero-order chi connectivity index (χ0) is 14.6. The van der Waals surface area contributed by atoms with Gasteiger partial charge in [-0.15, -0.1) is 0 Å². The van der Waals surface area contributed by atoms with E-state index in [9.17, 15) is 4.79 Å². The summed E-state index contributed by atoms with van der Waals surface area (Å²) in [5.41, 5.74) is 0.592. The van der Waals surface area contributed by atoms with Crippen molar-refractivity contribution in [2.24, 2.45) is 5.92 Å². The molecule has 1 N–H and O–H groups in total. The number of carbonyl (C=O) groups is 1. The van der Waals surface area contributed by atoms with Gasteiger partial charge in [0.25, 0.3) is 0 Å². The molecule has 0 saturated carbocycles. The van der Waals surface area contributed by atoms with Gasteiger partial charge in [0.05, 0.1) is 6.04 Å². The van der Waals surface area contributed by atoms with Crippen LogP contribution in [0.2, 0.25) is 0 Å². The standard InChI is InChI=1S/C15H22BrNO2/c1-10(2)13(11-6-8-12(16)9-7-11)17-14(18)19-15(3,4)5/h6-10,13H,1-5H3,(H,17,18)/t13-/m0/s1. The Hall–Kier alpha value is -1.03. The maximum atomic E-state index is 11.9. The first-order valence-corrected chi connectivity index (χ1v) is 7.23. The maximum absolute atomic E-state index is 11.9. The molecule has 1 amide bonds. The van der Waals surface area contributed by atoms with Gasteiger partial charge in [0, 0.05) is 4.47 Å². The van der Waals surface area contributed by atoms with Crippen LogP contribution >= 0.6 is 15.9 Å². The summed E-state index contributed by atoms with van der Waals surface area (Å²) in [6.45, 7) is 9.72. The highest BCUT2D eigenvalue weighted by molar-refractivity contribution is 9.10. The summed E-state index contributed by atoms with van der Waals surface area (Å²) in [7, 11) is 0. The quantitative estimate of drug-likeness (QED) is 0.875. The SMILES string of the molecule is CC(C)[C@H](NC(=O)OC(C)(C)C)c1ccc(Br)cc1. The Morgan fingerprint density at radius 1 is 1.21 bits per heavy atom. The van der Waals surface area contributed by atoms with Gasteiger partial charge in [-0.05, 0) is 44.4 Å². The minimum atomic E-state index is -0.481. The Morgan fingerprint density at radius 3 is 2.16 bits per heavy atom. The van der Waals surface area contributed by atoms with Gasteiger partial charge in [0.2, 0.25) is 0 Å². The lowest BCUT2D eigenvalue weighted by Crippen LogP contribution is -2.36. The molecular formula is C15H22BrNO2. The van der Waals surface area contributed by atoms with Crippen molar-refractivity contribution in [1.82, 2.24) is 5.32 Å². The predicted octanol–water partition coefficient (Wildman–Crippen LogP) is 4.67. The van der Waals surface area contributed by atoms with Crippen LogP contribution in [-0.4, -0.2) is 11.7 Å². The molecule has 0 bridgehead atoms. The molecule has 0 unspecified atom stereocenters. The average Bonchev–Trinajstić information content (AvgIpc) is 2.24. The first kappa shape index (κ1) is 16.0. The van der Waals surface area contributed by atoms with Gasteiger partial charge in [-0.25, -0.2) is 4.79 Å². The van der Waals surface area contributed by atoms with Crippen LogP contribution < -0.4 is 5.32 Å². The molecular weight excluding hydrogens is 306 g/mol. The van der Waals surface area contributed by atoms with Gasteiger partial charge in [0.1, 0.15) is 5.60 Å². The minimum Gasteiger partial charge on any atom is -0.444 e. The topological polar surface area (TPSA) is 38.3 Å². The van der Waals surface area contributed by atoms with Gasteiger partial charge < -0.3 is 10.1 Å². The lowest BCUT2D eigenvalue weighted by molar-refractivity contribution is 0.0489. The van der Waals surface area contributed by atoms with Crippen LogP contribution in [0, 0.1) is 5.92 Å². The maximum Gasteiger partial charge on any atom is 0.408 e. The molecule has 0 aliphatic carbocycles. The Balaban J connectivity index is 2.79. The molecule has 0 fully saturated rings. The van der Waals surface area contributed by atoms with Crippen LogP contribution in [0.5, 0.6) is 0 Å². The van der Waals surface area contributed by atoms with E-state index in [1.807, 2.05) is 45.0 Å². The van der Waals surface area contributed by atoms with Gasteiger partial charge >= 0.3 is 6.09 Å². The van der Waals surface area contributed by atoms with Crippen LogP contribution in [0.15, 0.2) is 28.7 Å². The van der Waals surface area contributed by atoms with Gasteiger partial charge in [0.15, 0.2) is 0 Å². The largest absolute Gasteiger partial charge is 0.444 e. The van der Waals surface area contributed by atoms with Crippen LogP contribution in [0.3, 0.4) is 0 Å². The Labute approximate surface area is 123 Å². The van der Waals surface area contributed by atoms with E-state index in [0.29, 0.717) is 0 Å². The molecule has 1 aromatic carbocycles. The summed E-state index contributed by atoms with van der Waals surface area (Å²) in [6.07, 6.45) is -0.380. The van der Waals surface area contributed by atoms with E-state index in [4.69, 9.17) is 4.74 Å². The highest BCUT2D eigenvalue weighted by Crippen LogP contribution is 2.24. The summed E-state index contributed by atoms with van der Waals surface area (Å²) in [6, 6.07) is 7.91. The first-order chi connectivity index (χ1) is 8.69. The third-order valence-electron chi connectivity index (χ3n) is 2.57. The lowest BCUT2D eigenvalue weighted by atomic mass is 9.96. The van der Waals surface area contributed by atoms with Crippen molar-refractivity contribution < 1.29 is 9.53 Å². The number of nitrogens with one attached hydrogen (secondary N) is 1. The van der Waals surface area contributed by atoms with Crippen molar-refractivity contribution >= 4 is 22.0 Å². The zero-order valence-corrected chi connectivity index (χ0v) is 13.7. The van der Waals surface area contributed by atoms with Crippen LogP contribution in [-0.2, 0) is 4.74 Å². The summed E-state index contributed by atoms with van der Waals surface area (Å²) >= 11 is 3.41. The number of benzene rings is 1. The fraction of sp³-hybridized carbons (Fsp3) is 0.533. The number of alkyl carbamates (subject to hydrolysis) is 1. The van der Waals surface area contributed by atoms with Gasteiger partial charge in [-0.3, -0.25) is 0 Å². The molecule has 0 spiro atoms. The van der Waals surface area contributed by atoms with Gasteiger partial charge in [-0.1, -0.05) is 41.9 Å². The second-order valence-corrected chi connectivity index (χ2v) is 6.84. The molecule has 0 radical (unpaired) electrons. The summed E-state index contributed by atoms with van der Waals surface area (Å²) in [5.74, 6) is 0.286. The minimum absolute atomic E-state index is 0.0528. The lowest BCUT2D eigenvalue weighted by Gasteiger charge is -2.26. The third kappa shape index (κ3) is 5.64. The number of halogens is 1. The van der Waals surface area contributed by atoms with E-state index < -0.39 is 5.60 Å². The third-order valence-corrected chi connectivity index (χ3v) is 3.10. The average molecular weight is 328 g/mol. The number of hydrogen-bond donors (Lipinski definition) is 1. The molecule has 3 nitrogen and oxygen atoms in total. The molecule has 0 aliphatic heterocycles. The van der Waals surface area contributed by atoms with E-state index in [-0.39, 0.29) is 18.1 Å². The van der Waals surface area contributed by atoms with Gasteiger partial charge in [-0.2, -0.15) is 0 Å². The van der Waals surface area contributed by atoms with Crippen molar-refractivity contribution in [1.29, 1.82) is 0 Å². The van der Waals surface area contributed by atoms with Crippen LogP contribution in [0.4, 0.5) is 4.79 Å². The summed E-state index contributed by atoms with van der Waals surface area (Å²) in [5, 5.41) is 2.93. The monoisotopic (exact) mass is 327 g/mol. The van der Waals surface area contributed by atoms with Crippen molar-refractivity contribution in [3.63, 3.8) is 0 Å². The fourth-order valence-electron chi connectivity index (χ4n) is 1.74. The number of rotatable bonds is 3. The van der Waals surface area contributed by atoms with E-state index in [1.165, 1.54) is 0 Å². The van der Waals surface area contributed by atoms with E-state index in [0.717, 1.165) is 10.0 Å². The van der Waals surface area contributed by atoms with E-state index in [2.05, 4.69) is 35.1 Å². The molecule has 19 heavy (non-hydrogen) atoms. The fourth-order valence-corrected chi connectivity index (χ4v) is 2.00. The van der Waals surface area contributed by atoms with Crippen molar-refractivity contribution in [2.75, 3.05) is 0 Å². The highest BCUT2D eigenvalue weighted by Gasteiger charge is 2.22. The zero-order valence-electron chi connectivity index (χ0n) is 12.2. The molecule has 0 aromatic heterocycles. The Kier molecular flexibility index (Phi) is 5.41. The summed E-state index contributed by atoms with van der Waals surface area (Å²) in [4.78, 5) is 11.9. The molecule has 106 valence electrons. The Morgan fingerprint density at radius 2 is 1.74 bits per heavy atom. The smallest absolute Gasteiger partial charge is 0.408 e. The van der Waals surface area contributed by atoms with Crippen molar-refractivity contribution in [3.8, 4) is 0 Å². The molecule has 0 heterocycles. The molecule has 1 rings (SSSR count). The number of carbonyl (C=O) groups excluding carboxylic acids is 1. The van der Waals surface area contributed by atoms with Crippen molar-refractivity contribution in [3.05, 3.63) is 34.3 Å². The van der Waals surface area contributed by atoms with Crippen LogP contribution in [0.1, 0.15) is 46.2 Å². The predicted molar refractivity (Wildman–Crippen MR) is 81.1 cm³/mol. The second kappa shape index (κ2) is 6.42. The number of hydrogen-bond acceptors (Lipinski definition) is 2. The Bertz CT molecular complexity index is 421. The highest BCUT2D eigenvalue weighted by atomic mass is 79.9. The van der Waals surface area contributed by atoms with Crippen molar-refractivity contribution in [2.45, 2.75) is 46.3 Å². The van der Waals surface area contributed by atoms with E-state index >= 15 is 0 Å². The number of amides is 1. The molecule has 1 aromatic rings. The van der Waals surface area contributed by atoms with E-state index in [1.54, 1.807) is 0 Å². The summed E-state index contributed by atoms with van der Waals surface area (Å²) < 4.78 is 6.33.